The standard InChI is InChI=1S/C22H39NO9S/c1-15(2)21(31-19(26)17-10-7-6-8-11-17)32-20(27)18(25)22(4,5)14-30-33(28,29)13-9-12-23-16(3)24/h15,17-18,21,25H,6-14H2,1-5H3,(H,23,24)/t18-,21?/m0/s1. The highest BCUT2D eigenvalue weighted by Gasteiger charge is 2.39. The van der Waals surface area contributed by atoms with Gasteiger partial charge < -0.3 is 19.9 Å². The van der Waals surface area contributed by atoms with Crippen molar-refractivity contribution in [1.82, 2.24) is 5.32 Å². The van der Waals surface area contributed by atoms with E-state index in [2.05, 4.69) is 5.32 Å². The van der Waals surface area contributed by atoms with Gasteiger partial charge >= 0.3 is 11.9 Å². The maximum absolute atomic E-state index is 12.6. The molecule has 0 saturated heterocycles. The largest absolute Gasteiger partial charge is 0.425 e. The molecule has 1 aliphatic carbocycles. The quantitative estimate of drug-likeness (QED) is 0.170. The summed E-state index contributed by atoms with van der Waals surface area (Å²) in [6.07, 6.45) is 1.77. The van der Waals surface area contributed by atoms with Crippen LogP contribution in [0.5, 0.6) is 0 Å². The first kappa shape index (κ1) is 29.3. The van der Waals surface area contributed by atoms with Crippen LogP contribution >= 0.6 is 0 Å². The molecule has 192 valence electrons. The van der Waals surface area contributed by atoms with E-state index in [4.69, 9.17) is 13.7 Å². The van der Waals surface area contributed by atoms with Crippen LogP contribution in [0.15, 0.2) is 0 Å². The van der Waals surface area contributed by atoms with Gasteiger partial charge in [0.2, 0.25) is 12.2 Å². The molecule has 33 heavy (non-hydrogen) atoms. The predicted octanol–water partition coefficient (Wildman–Crippen LogP) is 1.89. The number of hydrogen-bond acceptors (Lipinski definition) is 9. The molecule has 0 aromatic rings. The fraction of sp³-hybridized carbons (Fsp3) is 0.864. The summed E-state index contributed by atoms with van der Waals surface area (Å²) >= 11 is 0. The predicted molar refractivity (Wildman–Crippen MR) is 120 cm³/mol. The molecule has 0 radical (unpaired) electrons. The fourth-order valence-electron chi connectivity index (χ4n) is 3.24. The van der Waals surface area contributed by atoms with Crippen LogP contribution in [-0.4, -0.2) is 62.7 Å². The molecule has 0 aliphatic heterocycles. The number of hydrogen-bond donors (Lipinski definition) is 2. The highest BCUT2D eigenvalue weighted by molar-refractivity contribution is 7.86. The Kier molecular flexibility index (Phi) is 11.8. The molecule has 1 unspecified atom stereocenters. The Morgan fingerprint density at radius 1 is 1.09 bits per heavy atom. The van der Waals surface area contributed by atoms with Gasteiger partial charge in [-0.3, -0.25) is 13.8 Å². The highest BCUT2D eigenvalue weighted by atomic mass is 32.2. The molecular formula is C22H39NO9S. The van der Waals surface area contributed by atoms with E-state index in [0.29, 0.717) is 0 Å². The van der Waals surface area contributed by atoms with Crippen molar-refractivity contribution in [3.63, 3.8) is 0 Å². The van der Waals surface area contributed by atoms with Crippen LogP contribution in [0.3, 0.4) is 0 Å². The van der Waals surface area contributed by atoms with Crippen LogP contribution in [0, 0.1) is 17.3 Å². The summed E-state index contributed by atoms with van der Waals surface area (Å²) in [5, 5.41) is 13.0. The van der Waals surface area contributed by atoms with E-state index in [0.717, 1.165) is 32.1 Å². The molecule has 2 atom stereocenters. The number of carbonyl (C=O) groups excluding carboxylic acids is 3. The van der Waals surface area contributed by atoms with Crippen molar-refractivity contribution in [2.45, 2.75) is 85.5 Å². The summed E-state index contributed by atoms with van der Waals surface area (Å²) in [5.74, 6) is -2.58. The average molecular weight is 494 g/mol. The zero-order chi connectivity index (χ0) is 25.2. The molecule has 2 N–H and O–H groups in total. The van der Waals surface area contributed by atoms with Crippen LogP contribution in [0.2, 0.25) is 0 Å². The smallest absolute Gasteiger partial charge is 0.338 e. The molecule has 0 heterocycles. The molecule has 1 amide bonds. The van der Waals surface area contributed by atoms with E-state index in [-0.39, 0.29) is 36.5 Å². The molecule has 0 bridgehead atoms. The maximum Gasteiger partial charge on any atom is 0.338 e. The molecule has 1 aliphatic rings. The zero-order valence-electron chi connectivity index (χ0n) is 20.3. The topological polar surface area (TPSA) is 145 Å². The Bertz CT molecular complexity index is 758. The monoisotopic (exact) mass is 493 g/mol. The van der Waals surface area contributed by atoms with E-state index in [1.54, 1.807) is 13.8 Å². The van der Waals surface area contributed by atoms with Crippen molar-refractivity contribution in [2.75, 3.05) is 18.9 Å². The van der Waals surface area contributed by atoms with Gasteiger partial charge in [0.15, 0.2) is 6.10 Å². The summed E-state index contributed by atoms with van der Waals surface area (Å²) < 4.78 is 39.8. The summed E-state index contributed by atoms with van der Waals surface area (Å²) in [4.78, 5) is 35.8. The van der Waals surface area contributed by atoms with Crippen LogP contribution in [0.4, 0.5) is 0 Å². The number of carbonyl (C=O) groups is 3. The molecule has 1 saturated carbocycles. The second-order valence-electron chi connectivity index (χ2n) is 9.57. The first-order valence-electron chi connectivity index (χ1n) is 11.5. The lowest BCUT2D eigenvalue weighted by molar-refractivity contribution is -0.208. The summed E-state index contributed by atoms with van der Waals surface area (Å²) in [7, 11) is -3.92. The van der Waals surface area contributed by atoms with Gasteiger partial charge in [0.25, 0.3) is 10.1 Å². The molecule has 0 aromatic heterocycles. The number of amides is 1. The van der Waals surface area contributed by atoms with Gasteiger partial charge in [-0.25, -0.2) is 4.79 Å². The number of esters is 2. The van der Waals surface area contributed by atoms with Gasteiger partial charge in [-0.15, -0.1) is 0 Å². The van der Waals surface area contributed by atoms with E-state index >= 15 is 0 Å². The van der Waals surface area contributed by atoms with E-state index in [9.17, 15) is 27.9 Å². The van der Waals surface area contributed by atoms with Gasteiger partial charge in [-0.1, -0.05) is 47.0 Å². The van der Waals surface area contributed by atoms with Gasteiger partial charge in [0.1, 0.15) is 0 Å². The maximum atomic E-state index is 12.6. The average Bonchev–Trinajstić information content (AvgIpc) is 2.74. The third-order valence-corrected chi connectivity index (χ3v) is 6.73. The normalized spacial score (nSPS) is 17.3. The Morgan fingerprint density at radius 2 is 1.70 bits per heavy atom. The molecule has 1 fully saturated rings. The summed E-state index contributed by atoms with van der Waals surface area (Å²) in [6.45, 7) is 7.43. The van der Waals surface area contributed by atoms with Crippen molar-refractivity contribution < 1.29 is 41.6 Å². The minimum Gasteiger partial charge on any atom is -0.425 e. The van der Waals surface area contributed by atoms with Crippen molar-refractivity contribution in [3.8, 4) is 0 Å². The van der Waals surface area contributed by atoms with Crippen molar-refractivity contribution in [2.24, 2.45) is 17.3 Å². The number of ether oxygens (including phenoxy) is 2. The Hall–Kier alpha value is -1.72. The lowest BCUT2D eigenvalue weighted by atomic mass is 9.87. The Labute approximate surface area is 196 Å². The van der Waals surface area contributed by atoms with E-state index < -0.39 is 46.5 Å². The van der Waals surface area contributed by atoms with Gasteiger partial charge in [-0.2, -0.15) is 8.42 Å². The summed E-state index contributed by atoms with van der Waals surface area (Å²) in [6, 6.07) is 0. The molecule has 0 spiro atoms. The number of rotatable bonds is 13. The van der Waals surface area contributed by atoms with E-state index in [1.807, 2.05) is 0 Å². The third-order valence-electron chi connectivity index (χ3n) is 5.47. The van der Waals surface area contributed by atoms with Crippen LogP contribution in [0.1, 0.15) is 73.1 Å². The minimum absolute atomic E-state index is 0.162. The van der Waals surface area contributed by atoms with Gasteiger partial charge in [0.05, 0.1) is 18.3 Å². The highest BCUT2D eigenvalue weighted by Crippen LogP contribution is 2.27. The number of nitrogens with one attached hydrogen (secondary N) is 1. The second kappa shape index (κ2) is 13.2. The molecular weight excluding hydrogens is 454 g/mol. The minimum atomic E-state index is -3.92. The zero-order valence-corrected chi connectivity index (χ0v) is 21.1. The van der Waals surface area contributed by atoms with Gasteiger partial charge in [-0.05, 0) is 19.3 Å². The van der Waals surface area contributed by atoms with Gasteiger partial charge in [0, 0.05) is 24.8 Å². The lowest BCUT2D eigenvalue weighted by Gasteiger charge is -2.31. The number of aliphatic hydroxyl groups excluding tert-OH is 1. The van der Waals surface area contributed by atoms with Crippen LogP contribution in [0.25, 0.3) is 0 Å². The van der Waals surface area contributed by atoms with Crippen molar-refractivity contribution in [3.05, 3.63) is 0 Å². The van der Waals surface area contributed by atoms with Crippen LogP contribution < -0.4 is 5.32 Å². The first-order chi connectivity index (χ1) is 15.2. The fourth-order valence-corrected chi connectivity index (χ4v) is 4.34. The first-order valence-corrected chi connectivity index (χ1v) is 13.0. The summed E-state index contributed by atoms with van der Waals surface area (Å²) in [5.41, 5.74) is -1.29. The van der Waals surface area contributed by atoms with Crippen molar-refractivity contribution >= 4 is 28.0 Å². The lowest BCUT2D eigenvalue weighted by Crippen LogP contribution is -2.44. The SMILES string of the molecule is CC(=O)NCCCS(=O)(=O)OCC(C)(C)[C@@H](O)C(=O)OC(OC(=O)C1CCCCC1)C(C)C. The molecule has 0 aromatic carbocycles. The second-order valence-corrected chi connectivity index (χ2v) is 11.3. The molecule has 10 nitrogen and oxygen atoms in total. The third kappa shape index (κ3) is 10.8. The number of aliphatic hydroxyl groups is 1. The Morgan fingerprint density at radius 3 is 2.24 bits per heavy atom. The van der Waals surface area contributed by atoms with Crippen LogP contribution in [-0.2, 0) is 38.2 Å². The molecule has 1 rings (SSSR count). The van der Waals surface area contributed by atoms with Crippen molar-refractivity contribution in [1.29, 1.82) is 0 Å². The van der Waals surface area contributed by atoms with E-state index in [1.165, 1.54) is 20.8 Å². The Balaban J connectivity index is 2.61. The molecule has 11 heteroatoms.